The van der Waals surface area contributed by atoms with Gasteiger partial charge in [-0.15, -0.1) is 0 Å². The first-order valence-electron chi connectivity index (χ1n) is 11.9. The smallest absolute Gasteiger partial charge is 0.179 e. The normalized spacial score (nSPS) is 15.7. The molecule has 1 atom stereocenters. The van der Waals surface area contributed by atoms with E-state index < -0.39 is 0 Å². The number of fused-ring (bicyclic) bond motifs is 2. The summed E-state index contributed by atoms with van der Waals surface area (Å²) in [5.74, 6) is 2.82. The number of hydrogen-bond acceptors (Lipinski definition) is 4. The van der Waals surface area contributed by atoms with Crippen LogP contribution in [-0.4, -0.2) is 16.1 Å². The summed E-state index contributed by atoms with van der Waals surface area (Å²) in [4.78, 5) is 14.9. The summed E-state index contributed by atoms with van der Waals surface area (Å²) in [6.07, 6.45) is 0.0466. The molecule has 33 heavy (non-hydrogen) atoms. The van der Waals surface area contributed by atoms with Crippen molar-refractivity contribution in [1.29, 1.82) is 0 Å². The molecule has 0 saturated carbocycles. The van der Waals surface area contributed by atoms with Crippen LogP contribution in [0.1, 0.15) is 63.1 Å². The minimum absolute atomic E-state index is 0.0466. The van der Waals surface area contributed by atoms with Gasteiger partial charge in [0.15, 0.2) is 11.6 Å². The van der Waals surface area contributed by atoms with Gasteiger partial charge in [-0.05, 0) is 72.7 Å². The first kappa shape index (κ1) is 21.4. The van der Waals surface area contributed by atoms with E-state index in [9.17, 15) is 0 Å². The highest BCUT2D eigenvalue weighted by atomic mass is 15.5. The maximum atomic E-state index is 5.11. The third kappa shape index (κ3) is 3.64. The summed E-state index contributed by atoms with van der Waals surface area (Å²) in [5.41, 5.74) is 8.10. The van der Waals surface area contributed by atoms with Crippen molar-refractivity contribution in [3.05, 3.63) is 83.4 Å². The van der Waals surface area contributed by atoms with Crippen LogP contribution < -0.4 is 9.80 Å². The second-order valence-electron chi connectivity index (χ2n) is 9.68. The Kier molecular flexibility index (Phi) is 5.32. The fraction of sp³-hybridized carbons (Fsp3) is 0.310. The Morgan fingerprint density at radius 3 is 1.79 bits per heavy atom. The molecule has 0 fully saturated rings. The lowest BCUT2D eigenvalue weighted by atomic mass is 10.00. The van der Waals surface area contributed by atoms with Crippen molar-refractivity contribution < 1.29 is 0 Å². The second-order valence-corrected chi connectivity index (χ2v) is 9.68. The van der Waals surface area contributed by atoms with Crippen LogP contribution in [0.4, 0.5) is 23.0 Å². The summed E-state index contributed by atoms with van der Waals surface area (Å²) in [6, 6.07) is 23.8. The summed E-state index contributed by atoms with van der Waals surface area (Å²) < 4.78 is 0. The second kappa shape index (κ2) is 8.18. The molecule has 0 saturated heterocycles. The number of nitrogens with zero attached hydrogens (tertiary/aromatic N) is 4. The monoisotopic (exact) mass is 436 g/mol. The van der Waals surface area contributed by atoms with E-state index in [1.165, 1.54) is 22.4 Å². The standard InChI is InChI=1S/C29H32N4/c1-18(2)22-11-14-24(15-12-22)32-21(6)33(27-16-13-23(19(3)4)17-20(27)5)29-28(32)30-25-9-7-8-10-26(25)31-29/h7-19,21H,1-6H3. The van der Waals surface area contributed by atoms with Gasteiger partial charge in [-0.2, -0.15) is 0 Å². The van der Waals surface area contributed by atoms with Gasteiger partial charge in [0.2, 0.25) is 0 Å². The molecule has 4 nitrogen and oxygen atoms in total. The lowest BCUT2D eigenvalue weighted by molar-refractivity contribution is 0.751. The molecule has 3 aromatic carbocycles. The zero-order chi connectivity index (χ0) is 23.3. The third-order valence-corrected chi connectivity index (χ3v) is 6.72. The quantitative estimate of drug-likeness (QED) is 0.326. The fourth-order valence-corrected chi connectivity index (χ4v) is 4.76. The Hall–Kier alpha value is -3.40. The van der Waals surface area contributed by atoms with Crippen molar-refractivity contribution in [2.45, 2.75) is 59.5 Å². The zero-order valence-corrected chi connectivity index (χ0v) is 20.4. The highest BCUT2D eigenvalue weighted by Gasteiger charge is 2.38. The molecule has 1 unspecified atom stereocenters. The molecule has 0 radical (unpaired) electrons. The van der Waals surface area contributed by atoms with Gasteiger partial charge in [-0.3, -0.25) is 0 Å². The van der Waals surface area contributed by atoms with Crippen LogP contribution in [0.5, 0.6) is 0 Å². The van der Waals surface area contributed by atoms with Crippen LogP contribution in [0, 0.1) is 6.92 Å². The van der Waals surface area contributed by atoms with Crippen molar-refractivity contribution in [3.63, 3.8) is 0 Å². The highest BCUT2D eigenvalue weighted by molar-refractivity contribution is 5.89. The predicted octanol–water partition coefficient (Wildman–Crippen LogP) is 7.82. The number of rotatable bonds is 4. The van der Waals surface area contributed by atoms with Gasteiger partial charge in [0.25, 0.3) is 0 Å². The Labute approximate surface area is 196 Å². The van der Waals surface area contributed by atoms with E-state index in [0.29, 0.717) is 11.8 Å². The van der Waals surface area contributed by atoms with E-state index in [-0.39, 0.29) is 6.17 Å². The average Bonchev–Trinajstić information content (AvgIpc) is 3.08. The minimum atomic E-state index is 0.0466. The molecule has 0 N–H and O–H groups in total. The van der Waals surface area contributed by atoms with Gasteiger partial charge in [0, 0.05) is 11.4 Å². The number of aryl methyl sites for hydroxylation is 1. The number of hydrogen-bond donors (Lipinski definition) is 0. The van der Waals surface area contributed by atoms with Crippen LogP contribution in [-0.2, 0) is 0 Å². The number of benzene rings is 3. The lowest BCUT2D eigenvalue weighted by Gasteiger charge is -2.30. The molecular formula is C29H32N4. The van der Waals surface area contributed by atoms with Crippen molar-refractivity contribution in [1.82, 2.24) is 9.97 Å². The zero-order valence-electron chi connectivity index (χ0n) is 20.4. The van der Waals surface area contributed by atoms with Crippen LogP contribution in [0.2, 0.25) is 0 Å². The fourth-order valence-electron chi connectivity index (χ4n) is 4.76. The van der Waals surface area contributed by atoms with Gasteiger partial charge in [0.05, 0.1) is 11.0 Å². The van der Waals surface area contributed by atoms with Gasteiger partial charge >= 0.3 is 0 Å². The Morgan fingerprint density at radius 1 is 0.697 bits per heavy atom. The van der Waals surface area contributed by atoms with E-state index in [1.807, 2.05) is 24.3 Å². The maximum absolute atomic E-state index is 5.11. The van der Waals surface area contributed by atoms with Crippen LogP contribution >= 0.6 is 0 Å². The van der Waals surface area contributed by atoms with Crippen LogP contribution in [0.15, 0.2) is 66.7 Å². The molecule has 2 heterocycles. The Balaban J connectivity index is 1.68. The van der Waals surface area contributed by atoms with Crippen molar-refractivity contribution in [3.8, 4) is 0 Å². The average molecular weight is 437 g/mol. The molecule has 1 aliphatic rings. The molecule has 0 aliphatic carbocycles. The summed E-state index contributed by atoms with van der Waals surface area (Å²) in [6.45, 7) is 13.4. The van der Waals surface area contributed by atoms with Gasteiger partial charge in [-0.1, -0.05) is 64.1 Å². The predicted molar refractivity (Wildman–Crippen MR) is 139 cm³/mol. The van der Waals surface area contributed by atoms with Gasteiger partial charge in [0.1, 0.15) is 6.17 Å². The van der Waals surface area contributed by atoms with E-state index in [4.69, 9.17) is 9.97 Å². The van der Waals surface area contributed by atoms with E-state index in [0.717, 1.165) is 28.4 Å². The highest BCUT2D eigenvalue weighted by Crippen LogP contribution is 2.47. The number of para-hydroxylation sites is 2. The maximum Gasteiger partial charge on any atom is 0.179 e. The Morgan fingerprint density at radius 2 is 1.24 bits per heavy atom. The van der Waals surface area contributed by atoms with Crippen molar-refractivity contribution >= 4 is 34.0 Å². The number of aromatic nitrogens is 2. The van der Waals surface area contributed by atoms with Crippen molar-refractivity contribution in [2.75, 3.05) is 9.80 Å². The SMILES string of the molecule is Cc1cc(C(C)C)ccc1N1c2nc3ccccc3nc2N(c2ccc(C(C)C)cc2)C1C. The summed E-state index contributed by atoms with van der Waals surface area (Å²) in [7, 11) is 0. The lowest BCUT2D eigenvalue weighted by Crippen LogP contribution is -2.36. The molecule has 1 aliphatic heterocycles. The largest absolute Gasteiger partial charge is 0.302 e. The van der Waals surface area contributed by atoms with Crippen molar-refractivity contribution in [2.24, 2.45) is 0 Å². The molecule has 168 valence electrons. The van der Waals surface area contributed by atoms with E-state index in [2.05, 4.69) is 93.8 Å². The molecule has 1 aromatic heterocycles. The molecule has 5 rings (SSSR count). The first-order valence-corrected chi connectivity index (χ1v) is 11.9. The summed E-state index contributed by atoms with van der Waals surface area (Å²) in [5, 5.41) is 0. The van der Waals surface area contributed by atoms with Crippen LogP contribution in [0.25, 0.3) is 11.0 Å². The van der Waals surface area contributed by atoms with E-state index in [1.54, 1.807) is 0 Å². The van der Waals surface area contributed by atoms with E-state index >= 15 is 0 Å². The Bertz CT molecular complexity index is 1310. The molecule has 4 aromatic rings. The molecule has 0 amide bonds. The van der Waals surface area contributed by atoms with Gasteiger partial charge in [-0.25, -0.2) is 9.97 Å². The number of anilines is 4. The topological polar surface area (TPSA) is 32.3 Å². The minimum Gasteiger partial charge on any atom is -0.302 e. The first-order chi connectivity index (χ1) is 15.8. The molecule has 0 spiro atoms. The molecule has 0 bridgehead atoms. The summed E-state index contributed by atoms with van der Waals surface area (Å²) >= 11 is 0. The third-order valence-electron chi connectivity index (χ3n) is 6.72. The molecule has 4 heteroatoms. The van der Waals surface area contributed by atoms with Crippen LogP contribution in [0.3, 0.4) is 0 Å². The van der Waals surface area contributed by atoms with Gasteiger partial charge < -0.3 is 9.80 Å². The molecular weight excluding hydrogens is 404 g/mol.